The van der Waals surface area contributed by atoms with Crippen molar-refractivity contribution in [3.8, 4) is 0 Å². The zero-order chi connectivity index (χ0) is 10.7. The lowest BCUT2D eigenvalue weighted by molar-refractivity contribution is -0.136. The normalized spacial score (nSPS) is 23.5. The van der Waals surface area contributed by atoms with Crippen LogP contribution in [0, 0.1) is 11.8 Å². The summed E-state index contributed by atoms with van der Waals surface area (Å²) in [5.74, 6) is 0.699. The number of hydrogen-bond donors (Lipinski definition) is 1. The minimum absolute atomic E-state index is 0.0124. The first-order valence-electron chi connectivity index (χ1n) is 5.23. The lowest BCUT2D eigenvalue weighted by Crippen LogP contribution is -2.25. The van der Waals surface area contributed by atoms with Gasteiger partial charge >= 0.3 is 0 Å². The van der Waals surface area contributed by atoms with Crippen molar-refractivity contribution >= 4 is 5.91 Å². The van der Waals surface area contributed by atoms with Crippen LogP contribution in [0.25, 0.3) is 0 Å². The Kier molecular flexibility index (Phi) is 3.02. The Labute approximate surface area is 89.4 Å². The van der Waals surface area contributed by atoms with E-state index in [1.165, 1.54) is 0 Å². The molecule has 1 aromatic rings. The molecule has 3 nitrogen and oxygen atoms in total. The fraction of sp³-hybridized carbons (Fsp3) is 0.417. The van der Waals surface area contributed by atoms with Gasteiger partial charge in [-0.25, -0.2) is 5.48 Å². The molecule has 1 N–H and O–H groups in total. The number of nitrogens with one attached hydrogen (secondary N) is 1. The van der Waals surface area contributed by atoms with E-state index >= 15 is 0 Å². The molecule has 2 atom stereocenters. The second kappa shape index (κ2) is 4.45. The zero-order valence-corrected chi connectivity index (χ0v) is 8.77. The number of rotatable bonds is 4. The highest BCUT2D eigenvalue weighted by Gasteiger charge is 2.39. The molecule has 0 saturated heterocycles. The molecule has 2 rings (SSSR count). The van der Waals surface area contributed by atoms with Gasteiger partial charge in [0.1, 0.15) is 0 Å². The second-order valence-electron chi connectivity index (χ2n) is 4.06. The molecule has 0 spiro atoms. The molecule has 0 bridgehead atoms. The quantitative estimate of drug-likeness (QED) is 0.762. The van der Waals surface area contributed by atoms with Crippen molar-refractivity contribution in [3.05, 3.63) is 35.9 Å². The van der Waals surface area contributed by atoms with Gasteiger partial charge in [0.05, 0.1) is 6.61 Å². The average molecular weight is 205 g/mol. The van der Waals surface area contributed by atoms with Gasteiger partial charge in [-0.3, -0.25) is 9.63 Å². The van der Waals surface area contributed by atoms with E-state index in [4.69, 9.17) is 4.84 Å². The lowest BCUT2D eigenvalue weighted by Gasteiger charge is -2.04. The summed E-state index contributed by atoms with van der Waals surface area (Å²) >= 11 is 0. The Hall–Kier alpha value is -1.35. The van der Waals surface area contributed by atoms with Crippen molar-refractivity contribution in [2.45, 2.75) is 20.0 Å². The number of benzene rings is 1. The predicted molar refractivity (Wildman–Crippen MR) is 56.6 cm³/mol. The Morgan fingerprint density at radius 1 is 1.47 bits per heavy atom. The molecular formula is C12H15NO2. The monoisotopic (exact) mass is 205 g/mol. The van der Waals surface area contributed by atoms with Crippen LogP contribution in [0.4, 0.5) is 0 Å². The van der Waals surface area contributed by atoms with Gasteiger partial charge in [0.2, 0.25) is 5.91 Å². The highest BCUT2D eigenvalue weighted by atomic mass is 16.6. The van der Waals surface area contributed by atoms with Crippen LogP contribution < -0.4 is 5.48 Å². The molecule has 0 aliphatic heterocycles. The number of hydrogen-bond acceptors (Lipinski definition) is 2. The number of carbonyl (C=O) groups excluding carboxylic acids is 1. The topological polar surface area (TPSA) is 38.3 Å². The Morgan fingerprint density at radius 3 is 2.73 bits per heavy atom. The summed E-state index contributed by atoms with van der Waals surface area (Å²) in [6, 6.07) is 9.78. The third-order valence-electron chi connectivity index (χ3n) is 2.70. The third kappa shape index (κ3) is 2.80. The average Bonchev–Trinajstić information content (AvgIpc) is 2.97. The first-order valence-corrected chi connectivity index (χ1v) is 5.23. The third-order valence-corrected chi connectivity index (χ3v) is 2.70. The molecule has 0 aromatic heterocycles. The highest BCUT2D eigenvalue weighted by Crippen LogP contribution is 2.37. The largest absolute Gasteiger partial charge is 0.272 e. The van der Waals surface area contributed by atoms with E-state index in [-0.39, 0.29) is 11.8 Å². The van der Waals surface area contributed by atoms with Crippen molar-refractivity contribution in [2.75, 3.05) is 0 Å². The van der Waals surface area contributed by atoms with E-state index in [2.05, 4.69) is 12.4 Å². The summed E-state index contributed by atoms with van der Waals surface area (Å²) in [5, 5.41) is 0. The Balaban J connectivity index is 1.69. The molecule has 15 heavy (non-hydrogen) atoms. The van der Waals surface area contributed by atoms with Crippen molar-refractivity contribution < 1.29 is 9.63 Å². The van der Waals surface area contributed by atoms with Gasteiger partial charge in [0.15, 0.2) is 0 Å². The molecule has 1 fully saturated rings. The van der Waals surface area contributed by atoms with Crippen LogP contribution >= 0.6 is 0 Å². The summed E-state index contributed by atoms with van der Waals surface area (Å²) < 4.78 is 0. The van der Waals surface area contributed by atoms with E-state index in [0.29, 0.717) is 12.5 Å². The maximum atomic E-state index is 11.4. The molecule has 1 amide bonds. The van der Waals surface area contributed by atoms with Crippen LogP contribution in [0.1, 0.15) is 18.9 Å². The van der Waals surface area contributed by atoms with Gasteiger partial charge in [-0.2, -0.15) is 0 Å². The Bertz CT molecular complexity index is 337. The molecule has 1 aromatic carbocycles. The minimum Gasteiger partial charge on any atom is -0.272 e. The maximum Gasteiger partial charge on any atom is 0.246 e. The number of hydroxylamine groups is 1. The second-order valence-corrected chi connectivity index (χ2v) is 4.06. The SMILES string of the molecule is CC1CC1C(=O)NOCc1ccccc1. The molecular weight excluding hydrogens is 190 g/mol. The standard InChI is InChI=1S/C12H15NO2/c1-9-7-11(9)12(14)13-15-8-10-5-3-2-4-6-10/h2-6,9,11H,7-8H2,1H3,(H,13,14). The summed E-state index contributed by atoms with van der Waals surface area (Å²) in [7, 11) is 0. The fourth-order valence-corrected chi connectivity index (χ4v) is 1.53. The van der Waals surface area contributed by atoms with Crippen LogP contribution in [-0.2, 0) is 16.2 Å². The van der Waals surface area contributed by atoms with Gasteiger partial charge in [-0.05, 0) is 17.9 Å². The first-order chi connectivity index (χ1) is 7.27. The summed E-state index contributed by atoms with van der Waals surface area (Å²) in [5.41, 5.74) is 3.54. The first kappa shape index (κ1) is 10.2. The molecule has 0 heterocycles. The minimum atomic E-state index is 0.0124. The maximum absolute atomic E-state index is 11.4. The van der Waals surface area contributed by atoms with Gasteiger partial charge < -0.3 is 0 Å². The van der Waals surface area contributed by atoms with Crippen molar-refractivity contribution in [1.29, 1.82) is 0 Å². The number of amides is 1. The van der Waals surface area contributed by atoms with Crippen LogP contribution in [0.15, 0.2) is 30.3 Å². The van der Waals surface area contributed by atoms with E-state index in [0.717, 1.165) is 12.0 Å². The van der Waals surface area contributed by atoms with Gasteiger partial charge in [-0.1, -0.05) is 37.3 Å². The van der Waals surface area contributed by atoms with Gasteiger partial charge in [0.25, 0.3) is 0 Å². The van der Waals surface area contributed by atoms with Crippen LogP contribution in [0.5, 0.6) is 0 Å². The van der Waals surface area contributed by atoms with Gasteiger partial charge in [-0.15, -0.1) is 0 Å². The molecule has 2 unspecified atom stereocenters. The zero-order valence-electron chi connectivity index (χ0n) is 8.77. The van der Waals surface area contributed by atoms with Crippen molar-refractivity contribution in [3.63, 3.8) is 0 Å². The van der Waals surface area contributed by atoms with Crippen LogP contribution in [-0.4, -0.2) is 5.91 Å². The smallest absolute Gasteiger partial charge is 0.246 e. The molecule has 3 heteroatoms. The molecule has 0 radical (unpaired) electrons. The Morgan fingerprint density at radius 2 is 2.13 bits per heavy atom. The van der Waals surface area contributed by atoms with E-state index in [1.54, 1.807) is 0 Å². The summed E-state index contributed by atoms with van der Waals surface area (Å²) in [6.45, 7) is 2.50. The number of carbonyl (C=O) groups is 1. The fourth-order valence-electron chi connectivity index (χ4n) is 1.53. The van der Waals surface area contributed by atoms with Crippen molar-refractivity contribution in [1.82, 2.24) is 5.48 Å². The lowest BCUT2D eigenvalue weighted by atomic mass is 10.2. The molecule has 1 saturated carbocycles. The molecule has 80 valence electrons. The van der Waals surface area contributed by atoms with Gasteiger partial charge in [0, 0.05) is 5.92 Å². The summed E-state index contributed by atoms with van der Waals surface area (Å²) in [6.07, 6.45) is 0.987. The molecule has 1 aliphatic rings. The van der Waals surface area contributed by atoms with Crippen LogP contribution in [0.3, 0.4) is 0 Å². The predicted octanol–water partition coefficient (Wildman–Crippen LogP) is 1.89. The highest BCUT2D eigenvalue weighted by molar-refractivity contribution is 5.80. The van der Waals surface area contributed by atoms with Crippen molar-refractivity contribution in [2.24, 2.45) is 11.8 Å². The van der Waals surface area contributed by atoms with E-state index in [1.807, 2.05) is 30.3 Å². The van der Waals surface area contributed by atoms with E-state index < -0.39 is 0 Å². The van der Waals surface area contributed by atoms with Crippen LogP contribution in [0.2, 0.25) is 0 Å². The summed E-state index contributed by atoms with van der Waals surface area (Å²) in [4.78, 5) is 16.5. The molecule has 1 aliphatic carbocycles. The van der Waals surface area contributed by atoms with E-state index in [9.17, 15) is 4.79 Å².